The second-order valence-corrected chi connectivity index (χ2v) is 5.31. The molecule has 0 fully saturated rings. The van der Waals surface area contributed by atoms with Crippen LogP contribution in [0.4, 0.5) is 0 Å². The third-order valence-electron chi connectivity index (χ3n) is 3.42. The highest BCUT2D eigenvalue weighted by molar-refractivity contribution is 5.83. The van der Waals surface area contributed by atoms with Crippen molar-refractivity contribution < 1.29 is 9.53 Å². The molecule has 1 unspecified atom stereocenters. The van der Waals surface area contributed by atoms with Crippen molar-refractivity contribution in [3.05, 3.63) is 34.4 Å². The summed E-state index contributed by atoms with van der Waals surface area (Å²) in [6.45, 7) is 14.9. The Hall–Kier alpha value is -1.31. The summed E-state index contributed by atoms with van der Waals surface area (Å²) in [6, 6.07) is 0. The Balaban J connectivity index is 4.92. The SMILES string of the molecule is CCOC(=O)C=C(C)C(C)=C(C)C(C)CC=C(C)C. The van der Waals surface area contributed by atoms with E-state index >= 15 is 0 Å². The average molecular weight is 264 g/mol. The van der Waals surface area contributed by atoms with Crippen LogP contribution in [0.15, 0.2) is 34.4 Å². The summed E-state index contributed by atoms with van der Waals surface area (Å²) < 4.78 is 4.93. The minimum atomic E-state index is -0.260. The summed E-state index contributed by atoms with van der Waals surface area (Å²) in [5.41, 5.74) is 4.84. The maximum absolute atomic E-state index is 11.4. The van der Waals surface area contributed by atoms with Gasteiger partial charge in [-0.25, -0.2) is 4.79 Å². The molecule has 0 saturated carbocycles. The smallest absolute Gasteiger partial charge is 0.331 e. The molecule has 108 valence electrons. The standard InChI is InChI=1S/C17H28O2/c1-8-19-17(18)11-14(5)16(7)15(6)13(4)10-9-12(2)3/h9,11,13H,8,10H2,1-7H3. The van der Waals surface area contributed by atoms with Crippen LogP contribution in [0.25, 0.3) is 0 Å². The number of carbonyl (C=O) groups excluding carboxylic acids is 1. The van der Waals surface area contributed by atoms with Crippen LogP contribution in [0.3, 0.4) is 0 Å². The van der Waals surface area contributed by atoms with Gasteiger partial charge in [0.1, 0.15) is 0 Å². The van der Waals surface area contributed by atoms with E-state index < -0.39 is 0 Å². The molecular weight excluding hydrogens is 236 g/mol. The molecule has 0 saturated heterocycles. The normalized spacial score (nSPS) is 14.6. The van der Waals surface area contributed by atoms with Gasteiger partial charge in [-0.1, -0.05) is 24.1 Å². The molecule has 0 aromatic carbocycles. The van der Waals surface area contributed by atoms with E-state index in [1.54, 1.807) is 6.08 Å². The van der Waals surface area contributed by atoms with E-state index in [9.17, 15) is 4.79 Å². The van der Waals surface area contributed by atoms with Crippen molar-refractivity contribution in [3.63, 3.8) is 0 Å². The van der Waals surface area contributed by atoms with E-state index in [4.69, 9.17) is 4.74 Å². The lowest BCUT2D eigenvalue weighted by atomic mass is 9.91. The molecule has 0 aliphatic heterocycles. The summed E-state index contributed by atoms with van der Waals surface area (Å²) in [7, 11) is 0. The summed E-state index contributed by atoms with van der Waals surface area (Å²) in [5.74, 6) is 0.226. The van der Waals surface area contributed by atoms with Gasteiger partial charge >= 0.3 is 5.97 Å². The minimum Gasteiger partial charge on any atom is -0.463 e. The lowest BCUT2D eigenvalue weighted by Crippen LogP contribution is -2.03. The number of allylic oxidation sites excluding steroid dienone is 5. The largest absolute Gasteiger partial charge is 0.463 e. The molecule has 0 aromatic rings. The van der Waals surface area contributed by atoms with Gasteiger partial charge in [0, 0.05) is 6.08 Å². The highest BCUT2D eigenvalue weighted by Crippen LogP contribution is 2.23. The Morgan fingerprint density at radius 1 is 1.16 bits per heavy atom. The molecule has 1 atom stereocenters. The first-order chi connectivity index (χ1) is 8.79. The van der Waals surface area contributed by atoms with E-state index in [-0.39, 0.29) is 5.97 Å². The molecule has 0 aliphatic carbocycles. The van der Waals surface area contributed by atoms with Gasteiger partial charge in [-0.3, -0.25) is 0 Å². The van der Waals surface area contributed by atoms with Crippen molar-refractivity contribution in [3.8, 4) is 0 Å². The second kappa shape index (κ2) is 8.73. The summed E-state index contributed by atoms with van der Waals surface area (Å²) in [4.78, 5) is 11.4. The number of hydrogen-bond acceptors (Lipinski definition) is 2. The summed E-state index contributed by atoms with van der Waals surface area (Å²) in [5, 5.41) is 0. The molecule has 19 heavy (non-hydrogen) atoms. The Bertz CT molecular complexity index is 393. The molecule has 2 nitrogen and oxygen atoms in total. The van der Waals surface area contributed by atoms with Gasteiger partial charge in [0.25, 0.3) is 0 Å². The highest BCUT2D eigenvalue weighted by Gasteiger charge is 2.08. The zero-order valence-corrected chi connectivity index (χ0v) is 13.5. The fourth-order valence-electron chi connectivity index (χ4n) is 1.74. The van der Waals surface area contributed by atoms with Gasteiger partial charge in [-0.05, 0) is 65.0 Å². The maximum atomic E-state index is 11.4. The Morgan fingerprint density at radius 3 is 2.21 bits per heavy atom. The number of esters is 1. The first-order valence-corrected chi connectivity index (χ1v) is 6.95. The third-order valence-corrected chi connectivity index (χ3v) is 3.42. The molecule has 0 aromatic heterocycles. The molecule has 2 heteroatoms. The van der Waals surface area contributed by atoms with Crippen molar-refractivity contribution in [2.75, 3.05) is 6.61 Å². The molecule has 0 spiro atoms. The van der Waals surface area contributed by atoms with Crippen LogP contribution in [-0.2, 0) is 9.53 Å². The Kier molecular flexibility index (Phi) is 8.13. The zero-order valence-electron chi connectivity index (χ0n) is 13.5. The number of carbonyl (C=O) groups is 1. The lowest BCUT2D eigenvalue weighted by Gasteiger charge is -2.15. The molecule has 0 rings (SSSR count). The zero-order chi connectivity index (χ0) is 15.0. The third kappa shape index (κ3) is 7.00. The first-order valence-electron chi connectivity index (χ1n) is 6.95. The average Bonchev–Trinajstić information content (AvgIpc) is 2.34. The molecule has 0 N–H and O–H groups in total. The van der Waals surface area contributed by atoms with Crippen LogP contribution in [0, 0.1) is 5.92 Å². The van der Waals surface area contributed by atoms with Crippen molar-refractivity contribution in [2.45, 2.75) is 54.9 Å². The summed E-state index contributed by atoms with van der Waals surface area (Å²) in [6.07, 6.45) is 4.87. The molecule has 0 bridgehead atoms. The fraction of sp³-hybridized carbons (Fsp3) is 0.588. The second-order valence-electron chi connectivity index (χ2n) is 5.31. The Morgan fingerprint density at radius 2 is 1.74 bits per heavy atom. The number of rotatable bonds is 6. The number of hydrogen-bond donors (Lipinski definition) is 0. The van der Waals surface area contributed by atoms with Crippen molar-refractivity contribution >= 4 is 5.97 Å². The van der Waals surface area contributed by atoms with E-state index in [0.717, 1.165) is 12.0 Å². The van der Waals surface area contributed by atoms with Crippen LogP contribution < -0.4 is 0 Å². The topological polar surface area (TPSA) is 26.3 Å². The van der Waals surface area contributed by atoms with Gasteiger partial charge in [-0.15, -0.1) is 0 Å². The quantitative estimate of drug-likeness (QED) is 0.297. The van der Waals surface area contributed by atoms with E-state index in [2.05, 4.69) is 40.7 Å². The molecule has 0 radical (unpaired) electrons. The highest BCUT2D eigenvalue weighted by atomic mass is 16.5. The monoisotopic (exact) mass is 264 g/mol. The molecule has 0 amide bonds. The van der Waals surface area contributed by atoms with Crippen LogP contribution in [0.2, 0.25) is 0 Å². The van der Waals surface area contributed by atoms with Crippen LogP contribution in [0.1, 0.15) is 54.9 Å². The predicted molar refractivity (Wildman–Crippen MR) is 82.0 cm³/mol. The van der Waals surface area contributed by atoms with E-state index in [1.807, 2.05) is 13.8 Å². The van der Waals surface area contributed by atoms with Gasteiger partial charge in [0.05, 0.1) is 6.61 Å². The lowest BCUT2D eigenvalue weighted by molar-refractivity contribution is -0.137. The van der Waals surface area contributed by atoms with Crippen LogP contribution in [0.5, 0.6) is 0 Å². The van der Waals surface area contributed by atoms with E-state index in [0.29, 0.717) is 12.5 Å². The van der Waals surface area contributed by atoms with Gasteiger partial charge in [-0.2, -0.15) is 0 Å². The van der Waals surface area contributed by atoms with Crippen LogP contribution >= 0.6 is 0 Å². The van der Waals surface area contributed by atoms with Gasteiger partial charge in [0.2, 0.25) is 0 Å². The fourth-order valence-corrected chi connectivity index (χ4v) is 1.74. The predicted octanol–water partition coefficient (Wildman–Crippen LogP) is 4.82. The van der Waals surface area contributed by atoms with Crippen molar-refractivity contribution in [2.24, 2.45) is 5.92 Å². The Labute approximate surface area is 118 Å². The minimum absolute atomic E-state index is 0.260. The summed E-state index contributed by atoms with van der Waals surface area (Å²) >= 11 is 0. The van der Waals surface area contributed by atoms with E-state index in [1.165, 1.54) is 16.7 Å². The van der Waals surface area contributed by atoms with Gasteiger partial charge in [0.15, 0.2) is 0 Å². The maximum Gasteiger partial charge on any atom is 0.331 e. The van der Waals surface area contributed by atoms with Crippen molar-refractivity contribution in [1.82, 2.24) is 0 Å². The molecule has 0 heterocycles. The van der Waals surface area contributed by atoms with Crippen LogP contribution in [-0.4, -0.2) is 12.6 Å². The first kappa shape index (κ1) is 17.7. The van der Waals surface area contributed by atoms with Crippen molar-refractivity contribution in [1.29, 1.82) is 0 Å². The molecular formula is C17H28O2. The van der Waals surface area contributed by atoms with Gasteiger partial charge < -0.3 is 4.74 Å². The molecule has 0 aliphatic rings. The number of ether oxygens (including phenoxy) is 1.